The highest BCUT2D eigenvalue weighted by Crippen LogP contribution is 2.24. The molecule has 1 unspecified atom stereocenters. The Hall–Kier alpha value is -3.01. The molecule has 0 radical (unpaired) electrons. The summed E-state index contributed by atoms with van der Waals surface area (Å²) in [5.41, 5.74) is 27.9. The van der Waals surface area contributed by atoms with Gasteiger partial charge in [0.15, 0.2) is 5.84 Å². The Labute approximate surface area is 152 Å². The van der Waals surface area contributed by atoms with Crippen LogP contribution in [0.2, 0.25) is 0 Å². The van der Waals surface area contributed by atoms with Gasteiger partial charge in [0.2, 0.25) is 0 Å². The van der Waals surface area contributed by atoms with Crippen molar-refractivity contribution in [1.82, 2.24) is 10.6 Å². The van der Waals surface area contributed by atoms with Crippen molar-refractivity contribution in [3.8, 4) is 0 Å². The number of hydrogen-bond acceptors (Lipinski definition) is 9. The van der Waals surface area contributed by atoms with Crippen LogP contribution in [0.25, 0.3) is 0 Å². The third kappa shape index (κ3) is 3.36. The highest BCUT2D eigenvalue weighted by molar-refractivity contribution is 6.11. The summed E-state index contributed by atoms with van der Waals surface area (Å²) in [6, 6.07) is 4.92. The molecule has 0 fully saturated rings. The number of nitrogens with two attached hydrogens (primary N) is 5. The van der Waals surface area contributed by atoms with Crippen molar-refractivity contribution in [1.29, 1.82) is 0 Å². The molecule has 0 saturated carbocycles. The molecule has 3 rings (SSSR count). The fraction of sp³-hybridized carbons (Fsp3) is 0.235. The van der Waals surface area contributed by atoms with Crippen molar-refractivity contribution in [2.45, 2.75) is 12.6 Å². The number of rotatable bonds is 4. The van der Waals surface area contributed by atoms with E-state index in [1.165, 1.54) is 5.01 Å². The molecule has 2 aliphatic rings. The highest BCUT2D eigenvalue weighted by Gasteiger charge is 2.28. The van der Waals surface area contributed by atoms with Crippen molar-refractivity contribution in [2.75, 3.05) is 24.0 Å². The first kappa shape index (κ1) is 17.8. The van der Waals surface area contributed by atoms with E-state index in [1.54, 1.807) is 12.1 Å². The minimum absolute atomic E-state index is 0.315. The van der Waals surface area contributed by atoms with E-state index in [-0.39, 0.29) is 0 Å². The molecule has 1 aromatic carbocycles. The third-order valence-corrected chi connectivity index (χ3v) is 4.37. The molecule has 26 heavy (non-hydrogen) atoms. The zero-order valence-electron chi connectivity index (χ0n) is 14.4. The Kier molecular flexibility index (Phi) is 5.12. The molecular formula is C17H25N9. The molecule has 9 nitrogen and oxygen atoms in total. The summed E-state index contributed by atoms with van der Waals surface area (Å²) < 4.78 is 0. The van der Waals surface area contributed by atoms with Crippen LogP contribution in [0.15, 0.2) is 58.5 Å². The fourth-order valence-corrected chi connectivity index (χ4v) is 2.90. The number of nitrogen functional groups attached to an aromatic ring is 1. The van der Waals surface area contributed by atoms with E-state index < -0.39 is 6.04 Å². The zero-order chi connectivity index (χ0) is 18.7. The first-order valence-corrected chi connectivity index (χ1v) is 8.30. The van der Waals surface area contributed by atoms with E-state index in [4.69, 9.17) is 28.8 Å². The summed E-state index contributed by atoms with van der Waals surface area (Å²) in [4.78, 5) is 4.49. The first-order valence-electron chi connectivity index (χ1n) is 8.30. The number of nitrogens with one attached hydrogen (secondary N) is 2. The summed E-state index contributed by atoms with van der Waals surface area (Å²) in [6.45, 7) is 1.40. The van der Waals surface area contributed by atoms with Crippen molar-refractivity contribution in [3.63, 3.8) is 0 Å². The maximum absolute atomic E-state index is 6.46. The van der Waals surface area contributed by atoms with Crippen molar-refractivity contribution >= 4 is 17.2 Å². The molecule has 12 N–H and O–H groups in total. The Morgan fingerprint density at radius 2 is 2.08 bits per heavy atom. The Morgan fingerprint density at radius 3 is 2.77 bits per heavy atom. The smallest absolute Gasteiger partial charge is 0.153 e. The van der Waals surface area contributed by atoms with Crippen LogP contribution >= 0.6 is 0 Å². The normalized spacial score (nSPS) is 17.8. The Balaban J connectivity index is 1.95. The molecule has 2 heterocycles. The van der Waals surface area contributed by atoms with Crippen LogP contribution in [0.3, 0.4) is 0 Å². The van der Waals surface area contributed by atoms with Gasteiger partial charge in [-0.05, 0) is 29.3 Å². The Bertz CT molecular complexity index is 806. The number of amidine groups is 1. The van der Waals surface area contributed by atoms with Gasteiger partial charge >= 0.3 is 0 Å². The van der Waals surface area contributed by atoms with Crippen LogP contribution in [0, 0.1) is 0 Å². The third-order valence-electron chi connectivity index (χ3n) is 4.37. The molecule has 2 aliphatic heterocycles. The zero-order valence-corrected chi connectivity index (χ0v) is 14.4. The number of nitrogens with zero attached hydrogens (tertiary/aromatic N) is 2. The predicted octanol–water partition coefficient (Wildman–Crippen LogP) is -1.09. The first-order chi connectivity index (χ1) is 12.5. The van der Waals surface area contributed by atoms with Gasteiger partial charge in [-0.1, -0.05) is 12.2 Å². The van der Waals surface area contributed by atoms with Crippen molar-refractivity contribution in [2.24, 2.45) is 28.0 Å². The van der Waals surface area contributed by atoms with E-state index in [0.29, 0.717) is 41.8 Å². The summed E-state index contributed by atoms with van der Waals surface area (Å²) in [5, 5.41) is 7.62. The summed E-state index contributed by atoms with van der Waals surface area (Å²) in [6.07, 6.45) is 5.82. The second kappa shape index (κ2) is 7.48. The van der Waals surface area contributed by atoms with Gasteiger partial charge in [0.25, 0.3) is 0 Å². The van der Waals surface area contributed by atoms with Crippen LogP contribution in [0.4, 0.5) is 11.4 Å². The number of hydrazine groups is 1. The minimum atomic E-state index is -0.487. The maximum atomic E-state index is 6.46. The second-order valence-corrected chi connectivity index (χ2v) is 6.03. The summed E-state index contributed by atoms with van der Waals surface area (Å²) >= 11 is 0. The van der Waals surface area contributed by atoms with Crippen molar-refractivity contribution < 1.29 is 0 Å². The van der Waals surface area contributed by atoms with Crippen LogP contribution in [0.1, 0.15) is 5.56 Å². The molecule has 1 aromatic rings. The van der Waals surface area contributed by atoms with Gasteiger partial charge in [0.05, 0.1) is 17.3 Å². The van der Waals surface area contributed by atoms with Gasteiger partial charge in [-0.25, -0.2) is 10.8 Å². The molecular weight excluding hydrogens is 330 g/mol. The van der Waals surface area contributed by atoms with E-state index in [9.17, 15) is 0 Å². The summed E-state index contributed by atoms with van der Waals surface area (Å²) in [5.74, 6) is 7.31. The number of aliphatic imine (C=N–C) groups is 1. The highest BCUT2D eigenvalue weighted by atomic mass is 15.4. The number of dihydropyridines is 1. The molecule has 138 valence electrons. The van der Waals surface area contributed by atoms with Gasteiger partial charge in [0.1, 0.15) is 12.5 Å². The van der Waals surface area contributed by atoms with Crippen LogP contribution < -0.4 is 44.4 Å². The standard InChI is InChI=1S/C17H25N9/c18-7-11-6-12(3-4-13(11)19)26(22)17-14(16(21)24-9-25-17)15(20)10-2-1-5-23-8-10/h1-4,6,8,15,23-24H,5,7,9,18-22H2. The quantitative estimate of drug-likeness (QED) is 0.203. The molecule has 0 aromatic heterocycles. The average Bonchev–Trinajstić information content (AvgIpc) is 2.67. The van der Waals surface area contributed by atoms with E-state index in [0.717, 1.165) is 17.7 Å². The molecule has 0 spiro atoms. The SMILES string of the molecule is NCc1cc(N(N)C2=NCNC(N)=C2C(N)C2=CNCC=C2)ccc1N. The lowest BCUT2D eigenvalue weighted by Crippen LogP contribution is -2.48. The van der Waals surface area contributed by atoms with Gasteiger partial charge in [-0.2, -0.15) is 0 Å². The largest absolute Gasteiger partial charge is 0.398 e. The molecule has 0 saturated heterocycles. The lowest BCUT2D eigenvalue weighted by atomic mass is 9.96. The van der Waals surface area contributed by atoms with Crippen molar-refractivity contribution in [3.05, 3.63) is 59.1 Å². The second-order valence-electron chi connectivity index (χ2n) is 6.03. The van der Waals surface area contributed by atoms with Crippen LogP contribution in [0.5, 0.6) is 0 Å². The topological polar surface area (TPSA) is 170 Å². The number of anilines is 2. The predicted molar refractivity (Wildman–Crippen MR) is 105 cm³/mol. The van der Waals surface area contributed by atoms with Crippen LogP contribution in [-0.2, 0) is 6.54 Å². The number of benzene rings is 1. The monoisotopic (exact) mass is 355 g/mol. The van der Waals surface area contributed by atoms with E-state index in [2.05, 4.69) is 15.6 Å². The van der Waals surface area contributed by atoms with Gasteiger partial charge < -0.3 is 33.6 Å². The molecule has 9 heteroatoms. The van der Waals surface area contributed by atoms with E-state index in [1.807, 2.05) is 24.4 Å². The van der Waals surface area contributed by atoms with E-state index >= 15 is 0 Å². The molecule has 0 bridgehead atoms. The minimum Gasteiger partial charge on any atom is -0.398 e. The van der Waals surface area contributed by atoms with Crippen LogP contribution in [-0.4, -0.2) is 25.1 Å². The lowest BCUT2D eigenvalue weighted by Gasteiger charge is -2.31. The molecule has 0 aliphatic carbocycles. The number of hydrogen-bond donors (Lipinski definition) is 7. The van der Waals surface area contributed by atoms with Gasteiger partial charge in [-0.3, -0.25) is 5.01 Å². The van der Waals surface area contributed by atoms with Gasteiger partial charge in [-0.15, -0.1) is 0 Å². The molecule has 0 amide bonds. The molecule has 1 atom stereocenters. The lowest BCUT2D eigenvalue weighted by molar-refractivity contribution is 0.751. The Morgan fingerprint density at radius 1 is 1.27 bits per heavy atom. The average molecular weight is 355 g/mol. The summed E-state index contributed by atoms with van der Waals surface area (Å²) in [7, 11) is 0. The van der Waals surface area contributed by atoms with Gasteiger partial charge in [0, 0.05) is 25.0 Å². The fourth-order valence-electron chi connectivity index (χ4n) is 2.90. The maximum Gasteiger partial charge on any atom is 0.153 e.